The number of ether oxygens (including phenoxy) is 1. The molecule has 0 heterocycles. The maximum Gasteiger partial charge on any atom is 0.234 e. The molecule has 118 valence electrons. The molecule has 0 N–H and O–H groups in total. The summed E-state index contributed by atoms with van der Waals surface area (Å²) in [4.78, 5) is 14.6. The first kappa shape index (κ1) is 15.3. The smallest absolute Gasteiger partial charge is 0.234 e. The normalized spacial score (nSPS) is 33.3. The Morgan fingerprint density at radius 3 is 2.91 bits per heavy atom. The fraction of sp³-hybridized carbons (Fsp3) is 0.632. The number of isocyanates is 1. The van der Waals surface area contributed by atoms with E-state index in [1.165, 1.54) is 30.4 Å². The number of carbonyl (C=O) groups excluding carboxylic acids is 1. The average molecular weight is 299 g/mol. The van der Waals surface area contributed by atoms with Crippen molar-refractivity contribution in [2.45, 2.75) is 51.4 Å². The molecule has 0 aromatic heterocycles. The molecule has 3 atom stereocenters. The van der Waals surface area contributed by atoms with Crippen molar-refractivity contribution in [3.63, 3.8) is 0 Å². The van der Waals surface area contributed by atoms with Gasteiger partial charge >= 0.3 is 0 Å². The number of aryl methyl sites for hydroxylation is 1. The van der Waals surface area contributed by atoms with Gasteiger partial charge in [0.05, 0.1) is 13.7 Å². The van der Waals surface area contributed by atoms with Gasteiger partial charge in [-0.1, -0.05) is 26.3 Å². The Morgan fingerprint density at radius 2 is 2.18 bits per heavy atom. The summed E-state index contributed by atoms with van der Waals surface area (Å²) in [5.41, 5.74) is 3.17. The summed E-state index contributed by atoms with van der Waals surface area (Å²) in [6, 6.07) is 6.53. The highest BCUT2D eigenvalue weighted by Gasteiger charge is 2.51. The minimum Gasteiger partial charge on any atom is -0.497 e. The fourth-order valence-corrected chi connectivity index (χ4v) is 5.10. The van der Waals surface area contributed by atoms with Crippen LogP contribution in [0.15, 0.2) is 23.2 Å². The van der Waals surface area contributed by atoms with Gasteiger partial charge in [-0.3, -0.25) is 0 Å². The van der Waals surface area contributed by atoms with E-state index in [1.54, 1.807) is 13.2 Å². The zero-order valence-electron chi connectivity index (χ0n) is 13.8. The lowest BCUT2D eigenvalue weighted by molar-refractivity contribution is 0.0329. The molecule has 1 saturated carbocycles. The second kappa shape index (κ2) is 5.55. The van der Waals surface area contributed by atoms with Crippen molar-refractivity contribution in [3.05, 3.63) is 29.3 Å². The monoisotopic (exact) mass is 299 g/mol. The molecule has 1 aromatic rings. The lowest BCUT2D eigenvalue weighted by Crippen LogP contribution is -2.50. The quantitative estimate of drug-likeness (QED) is 0.624. The number of hydrogen-bond acceptors (Lipinski definition) is 3. The van der Waals surface area contributed by atoms with Crippen LogP contribution in [0.3, 0.4) is 0 Å². The van der Waals surface area contributed by atoms with Gasteiger partial charge in [0.15, 0.2) is 0 Å². The summed E-state index contributed by atoms with van der Waals surface area (Å²) in [5.74, 6) is 1.50. The first-order valence-electron chi connectivity index (χ1n) is 8.24. The standard InChI is InChI=1S/C19H25NO2/c1-18(12-20-13-21)9-4-10-19(2)16-11-15(22-3)7-5-14(16)6-8-17(18)19/h5,7,11,17H,4,6,8-10,12H2,1-3H3/t17-,18-,19-/m1/s1. The third-order valence-corrected chi connectivity index (χ3v) is 6.19. The number of rotatable bonds is 3. The maximum atomic E-state index is 10.6. The van der Waals surface area contributed by atoms with E-state index >= 15 is 0 Å². The van der Waals surface area contributed by atoms with Gasteiger partial charge in [-0.15, -0.1) is 0 Å². The van der Waals surface area contributed by atoms with E-state index < -0.39 is 0 Å². The summed E-state index contributed by atoms with van der Waals surface area (Å²) in [7, 11) is 1.73. The number of hydrogen-bond donors (Lipinski definition) is 0. The number of fused-ring (bicyclic) bond motifs is 3. The molecule has 0 bridgehead atoms. The Bertz CT molecular complexity index is 620. The second-order valence-corrected chi connectivity index (χ2v) is 7.45. The number of aliphatic imine (C=N–C) groups is 1. The summed E-state index contributed by atoms with van der Waals surface area (Å²) in [6.07, 6.45) is 7.58. The van der Waals surface area contributed by atoms with Crippen LogP contribution in [-0.4, -0.2) is 19.7 Å². The zero-order valence-corrected chi connectivity index (χ0v) is 13.8. The van der Waals surface area contributed by atoms with Crippen molar-refractivity contribution in [2.24, 2.45) is 16.3 Å². The molecule has 0 spiro atoms. The van der Waals surface area contributed by atoms with Crippen LogP contribution in [0, 0.1) is 11.3 Å². The molecule has 3 rings (SSSR count). The van der Waals surface area contributed by atoms with Gasteiger partial charge in [-0.05, 0) is 65.7 Å². The average Bonchev–Trinajstić information content (AvgIpc) is 2.52. The van der Waals surface area contributed by atoms with Crippen LogP contribution in [-0.2, 0) is 16.6 Å². The van der Waals surface area contributed by atoms with Crippen molar-refractivity contribution in [2.75, 3.05) is 13.7 Å². The highest BCUT2D eigenvalue weighted by Crippen LogP contribution is 2.57. The first-order chi connectivity index (χ1) is 10.5. The predicted octanol–water partition coefficient (Wildman–Crippen LogP) is 4.04. The van der Waals surface area contributed by atoms with Crippen molar-refractivity contribution in [1.29, 1.82) is 0 Å². The summed E-state index contributed by atoms with van der Waals surface area (Å²) in [5, 5.41) is 0. The number of methoxy groups -OCH3 is 1. The Morgan fingerprint density at radius 1 is 1.36 bits per heavy atom. The lowest BCUT2D eigenvalue weighted by Gasteiger charge is -2.55. The third-order valence-electron chi connectivity index (χ3n) is 6.19. The Hall–Kier alpha value is -1.60. The summed E-state index contributed by atoms with van der Waals surface area (Å²) >= 11 is 0. The predicted molar refractivity (Wildman–Crippen MR) is 87.1 cm³/mol. The summed E-state index contributed by atoms with van der Waals surface area (Å²) in [6.45, 7) is 5.31. The third kappa shape index (κ3) is 2.28. The van der Waals surface area contributed by atoms with E-state index in [4.69, 9.17) is 4.74 Å². The first-order valence-corrected chi connectivity index (χ1v) is 8.24. The van der Waals surface area contributed by atoms with Gasteiger partial charge in [0.2, 0.25) is 6.08 Å². The maximum absolute atomic E-state index is 10.6. The van der Waals surface area contributed by atoms with Crippen molar-refractivity contribution >= 4 is 6.08 Å². The molecule has 1 aromatic carbocycles. The fourth-order valence-electron chi connectivity index (χ4n) is 5.10. The molecule has 2 aliphatic carbocycles. The molecule has 22 heavy (non-hydrogen) atoms. The molecule has 0 saturated heterocycles. The molecule has 2 aliphatic rings. The van der Waals surface area contributed by atoms with Gasteiger partial charge in [0, 0.05) is 0 Å². The molecular formula is C19H25NO2. The zero-order chi connectivity index (χ0) is 15.8. The van der Waals surface area contributed by atoms with E-state index in [2.05, 4.69) is 37.0 Å². The Labute approximate surface area is 132 Å². The van der Waals surface area contributed by atoms with E-state index in [9.17, 15) is 4.79 Å². The van der Waals surface area contributed by atoms with Crippen LogP contribution >= 0.6 is 0 Å². The SMILES string of the molecule is COc1ccc2c(c1)[C@@]1(C)CCC[C@](C)(CN=C=O)[C@H]1CC2. The van der Waals surface area contributed by atoms with E-state index in [0.717, 1.165) is 18.6 Å². The van der Waals surface area contributed by atoms with Crippen LogP contribution in [0.1, 0.15) is 50.7 Å². The molecule has 0 radical (unpaired) electrons. The highest BCUT2D eigenvalue weighted by molar-refractivity contribution is 5.44. The van der Waals surface area contributed by atoms with Gasteiger partial charge in [0.1, 0.15) is 5.75 Å². The van der Waals surface area contributed by atoms with Crippen LogP contribution in [0.25, 0.3) is 0 Å². The molecule has 0 unspecified atom stereocenters. The Kier molecular flexibility index (Phi) is 3.86. The van der Waals surface area contributed by atoms with E-state index in [0.29, 0.717) is 12.5 Å². The minimum atomic E-state index is 0.102. The van der Waals surface area contributed by atoms with E-state index in [1.807, 2.05) is 0 Å². The number of nitrogens with zero attached hydrogens (tertiary/aromatic N) is 1. The van der Waals surface area contributed by atoms with Gasteiger partial charge in [0.25, 0.3) is 0 Å². The van der Waals surface area contributed by atoms with Crippen LogP contribution in [0.4, 0.5) is 0 Å². The molecule has 0 aliphatic heterocycles. The second-order valence-electron chi connectivity index (χ2n) is 7.45. The van der Waals surface area contributed by atoms with Crippen LogP contribution in [0.5, 0.6) is 5.75 Å². The molecular weight excluding hydrogens is 274 g/mol. The van der Waals surface area contributed by atoms with Gasteiger partial charge < -0.3 is 4.74 Å². The van der Waals surface area contributed by atoms with E-state index in [-0.39, 0.29) is 10.8 Å². The van der Waals surface area contributed by atoms with Gasteiger partial charge in [-0.25, -0.2) is 9.79 Å². The van der Waals surface area contributed by atoms with Crippen molar-refractivity contribution < 1.29 is 9.53 Å². The summed E-state index contributed by atoms with van der Waals surface area (Å²) < 4.78 is 5.45. The molecule has 3 nitrogen and oxygen atoms in total. The molecule has 3 heteroatoms. The highest BCUT2D eigenvalue weighted by atomic mass is 16.5. The lowest BCUT2D eigenvalue weighted by atomic mass is 9.50. The van der Waals surface area contributed by atoms with Gasteiger partial charge in [-0.2, -0.15) is 0 Å². The minimum absolute atomic E-state index is 0.102. The molecule has 1 fully saturated rings. The number of benzene rings is 1. The van der Waals surface area contributed by atoms with Crippen molar-refractivity contribution in [3.8, 4) is 5.75 Å². The largest absolute Gasteiger partial charge is 0.497 e. The van der Waals surface area contributed by atoms with Crippen LogP contribution in [0.2, 0.25) is 0 Å². The topological polar surface area (TPSA) is 38.7 Å². The van der Waals surface area contributed by atoms with Crippen LogP contribution < -0.4 is 4.74 Å². The molecule has 0 amide bonds. The van der Waals surface area contributed by atoms with Crippen molar-refractivity contribution in [1.82, 2.24) is 0 Å². The Balaban J connectivity index is 2.05.